The van der Waals surface area contributed by atoms with Crippen molar-refractivity contribution >= 4 is 5.97 Å². The zero-order chi connectivity index (χ0) is 12.8. The smallest absolute Gasteiger partial charge is 0.308 e. The molecule has 0 aliphatic rings. The summed E-state index contributed by atoms with van der Waals surface area (Å²) in [6, 6.07) is 8.73. The summed E-state index contributed by atoms with van der Waals surface area (Å²) >= 11 is 0. The number of aliphatic hydroxyl groups is 1. The summed E-state index contributed by atoms with van der Waals surface area (Å²) in [6.45, 7) is 1.70. The van der Waals surface area contributed by atoms with Crippen molar-refractivity contribution in [1.29, 1.82) is 5.26 Å². The Balaban J connectivity index is 2.73. The topological polar surface area (TPSA) is 70.3 Å². The van der Waals surface area contributed by atoms with Crippen LogP contribution in [0, 0.1) is 17.2 Å². The first-order valence-electron chi connectivity index (χ1n) is 5.34. The second-order valence-electron chi connectivity index (χ2n) is 3.91. The molecule has 0 saturated heterocycles. The van der Waals surface area contributed by atoms with E-state index in [9.17, 15) is 9.90 Å². The van der Waals surface area contributed by atoms with Crippen molar-refractivity contribution < 1.29 is 14.6 Å². The maximum Gasteiger partial charge on any atom is 0.308 e. The van der Waals surface area contributed by atoms with Crippen molar-refractivity contribution in [2.75, 3.05) is 7.11 Å². The first kappa shape index (κ1) is 13.2. The molecule has 1 rings (SSSR count). The Morgan fingerprint density at radius 1 is 1.59 bits per heavy atom. The van der Waals surface area contributed by atoms with Gasteiger partial charge in [0.25, 0.3) is 0 Å². The maximum absolute atomic E-state index is 11.2. The molecule has 1 N–H and O–H groups in total. The van der Waals surface area contributed by atoms with E-state index in [1.165, 1.54) is 7.11 Å². The van der Waals surface area contributed by atoms with Crippen LogP contribution in [0.25, 0.3) is 0 Å². The van der Waals surface area contributed by atoms with E-state index in [0.717, 1.165) is 0 Å². The maximum atomic E-state index is 11.2. The molecule has 0 heterocycles. The van der Waals surface area contributed by atoms with Gasteiger partial charge in [0.2, 0.25) is 0 Å². The van der Waals surface area contributed by atoms with E-state index >= 15 is 0 Å². The number of hydrogen-bond acceptors (Lipinski definition) is 4. The van der Waals surface area contributed by atoms with Gasteiger partial charge in [-0.05, 0) is 24.1 Å². The number of carbonyl (C=O) groups excluding carboxylic acids is 1. The van der Waals surface area contributed by atoms with Crippen LogP contribution in [0.4, 0.5) is 0 Å². The molecule has 17 heavy (non-hydrogen) atoms. The zero-order valence-electron chi connectivity index (χ0n) is 9.88. The average Bonchev–Trinajstić information content (AvgIpc) is 2.37. The van der Waals surface area contributed by atoms with Crippen LogP contribution in [0.5, 0.6) is 0 Å². The van der Waals surface area contributed by atoms with E-state index in [4.69, 9.17) is 5.26 Å². The predicted octanol–water partition coefficient (Wildman–Crippen LogP) is 1.79. The van der Waals surface area contributed by atoms with Crippen LogP contribution in [-0.4, -0.2) is 18.2 Å². The molecular weight excluding hydrogens is 218 g/mol. The van der Waals surface area contributed by atoms with Crippen LogP contribution >= 0.6 is 0 Å². The summed E-state index contributed by atoms with van der Waals surface area (Å²) < 4.78 is 4.59. The minimum Gasteiger partial charge on any atom is -0.469 e. The monoisotopic (exact) mass is 233 g/mol. The summed E-state index contributed by atoms with van der Waals surface area (Å²) in [5.41, 5.74) is 1.13. The van der Waals surface area contributed by atoms with Crippen molar-refractivity contribution in [3.63, 3.8) is 0 Å². The highest BCUT2D eigenvalue weighted by atomic mass is 16.5. The van der Waals surface area contributed by atoms with Gasteiger partial charge < -0.3 is 9.84 Å². The third kappa shape index (κ3) is 3.58. The van der Waals surface area contributed by atoms with Gasteiger partial charge in [0, 0.05) is 0 Å². The number of nitriles is 1. The molecule has 1 aromatic carbocycles. The minimum atomic E-state index is -0.766. The van der Waals surface area contributed by atoms with Crippen molar-refractivity contribution in [1.82, 2.24) is 0 Å². The predicted molar refractivity (Wildman–Crippen MR) is 61.9 cm³/mol. The van der Waals surface area contributed by atoms with E-state index in [1.807, 2.05) is 6.07 Å². The van der Waals surface area contributed by atoms with Crippen molar-refractivity contribution in [3.8, 4) is 6.07 Å². The molecule has 0 amide bonds. The summed E-state index contributed by atoms with van der Waals surface area (Å²) in [4.78, 5) is 11.2. The number of hydrogen-bond donors (Lipinski definition) is 1. The highest BCUT2D eigenvalue weighted by Crippen LogP contribution is 2.22. The van der Waals surface area contributed by atoms with Gasteiger partial charge in [0.1, 0.15) is 0 Å². The summed E-state index contributed by atoms with van der Waals surface area (Å²) in [5, 5.41) is 18.7. The van der Waals surface area contributed by atoms with Crippen molar-refractivity contribution in [2.24, 2.45) is 5.92 Å². The fraction of sp³-hybridized carbons (Fsp3) is 0.385. The van der Waals surface area contributed by atoms with E-state index in [2.05, 4.69) is 4.74 Å². The van der Waals surface area contributed by atoms with Crippen molar-refractivity contribution in [2.45, 2.75) is 19.4 Å². The molecule has 4 nitrogen and oxygen atoms in total. The quantitative estimate of drug-likeness (QED) is 0.805. The molecule has 90 valence electrons. The Kier molecular flexibility index (Phi) is 4.68. The second kappa shape index (κ2) is 6.02. The SMILES string of the molecule is COC(=O)C(C)CC(O)c1cccc(C#N)c1. The molecule has 0 aromatic heterocycles. The minimum absolute atomic E-state index is 0.279. The molecule has 2 atom stereocenters. The third-order valence-corrected chi connectivity index (χ3v) is 2.58. The van der Waals surface area contributed by atoms with Crippen LogP contribution in [0.15, 0.2) is 24.3 Å². The zero-order valence-corrected chi connectivity index (χ0v) is 9.88. The van der Waals surface area contributed by atoms with Crippen LogP contribution in [0.1, 0.15) is 30.6 Å². The first-order chi connectivity index (χ1) is 8.08. The molecule has 0 spiro atoms. The highest BCUT2D eigenvalue weighted by molar-refractivity contribution is 5.71. The molecule has 0 aliphatic carbocycles. The van der Waals surface area contributed by atoms with Gasteiger partial charge in [-0.3, -0.25) is 4.79 Å². The van der Waals surface area contributed by atoms with E-state index in [-0.39, 0.29) is 18.3 Å². The lowest BCUT2D eigenvalue weighted by Gasteiger charge is -2.15. The number of aliphatic hydroxyl groups excluding tert-OH is 1. The first-order valence-corrected chi connectivity index (χ1v) is 5.34. The molecule has 0 saturated carbocycles. The molecule has 2 unspecified atom stereocenters. The van der Waals surface area contributed by atoms with Gasteiger partial charge in [-0.25, -0.2) is 0 Å². The van der Waals surface area contributed by atoms with Crippen molar-refractivity contribution in [3.05, 3.63) is 35.4 Å². The van der Waals surface area contributed by atoms with Crippen LogP contribution < -0.4 is 0 Å². The fourth-order valence-corrected chi connectivity index (χ4v) is 1.58. The van der Waals surface area contributed by atoms with E-state index in [0.29, 0.717) is 11.1 Å². The molecular formula is C13H15NO3. The molecule has 1 aromatic rings. The molecule has 0 aliphatic heterocycles. The lowest BCUT2D eigenvalue weighted by molar-refractivity contribution is -0.145. The van der Waals surface area contributed by atoms with Gasteiger partial charge in [0.05, 0.1) is 30.8 Å². The summed E-state index contributed by atoms with van der Waals surface area (Å²) in [5.74, 6) is -0.721. The lowest BCUT2D eigenvalue weighted by atomic mass is 9.97. The number of rotatable bonds is 4. The van der Waals surface area contributed by atoms with Crippen LogP contribution in [0.2, 0.25) is 0 Å². The number of methoxy groups -OCH3 is 1. The Labute approximate surface area is 100 Å². The Bertz CT molecular complexity index is 437. The second-order valence-corrected chi connectivity index (χ2v) is 3.91. The van der Waals surface area contributed by atoms with Gasteiger partial charge >= 0.3 is 5.97 Å². The van der Waals surface area contributed by atoms with Crippen LogP contribution in [-0.2, 0) is 9.53 Å². The third-order valence-electron chi connectivity index (χ3n) is 2.58. The number of carbonyl (C=O) groups is 1. The number of benzene rings is 1. The van der Waals surface area contributed by atoms with E-state index < -0.39 is 6.10 Å². The summed E-state index contributed by atoms with van der Waals surface area (Å²) in [7, 11) is 1.32. The molecule has 0 radical (unpaired) electrons. The molecule has 4 heteroatoms. The van der Waals surface area contributed by atoms with Gasteiger partial charge in [-0.15, -0.1) is 0 Å². The standard InChI is InChI=1S/C13H15NO3/c1-9(13(16)17-2)6-12(15)11-5-3-4-10(7-11)8-14/h3-5,7,9,12,15H,6H2,1-2H3. The Morgan fingerprint density at radius 3 is 2.88 bits per heavy atom. The Morgan fingerprint density at radius 2 is 2.29 bits per heavy atom. The van der Waals surface area contributed by atoms with Gasteiger partial charge in [0.15, 0.2) is 0 Å². The largest absolute Gasteiger partial charge is 0.469 e. The van der Waals surface area contributed by atoms with Gasteiger partial charge in [-0.2, -0.15) is 5.26 Å². The highest BCUT2D eigenvalue weighted by Gasteiger charge is 2.19. The number of esters is 1. The fourth-order valence-electron chi connectivity index (χ4n) is 1.58. The number of ether oxygens (including phenoxy) is 1. The average molecular weight is 233 g/mol. The number of nitrogens with zero attached hydrogens (tertiary/aromatic N) is 1. The molecule has 0 bridgehead atoms. The molecule has 0 fully saturated rings. The van der Waals surface area contributed by atoms with E-state index in [1.54, 1.807) is 31.2 Å². The lowest BCUT2D eigenvalue weighted by Crippen LogP contribution is -2.16. The normalized spacial score (nSPS) is 13.5. The van der Waals surface area contributed by atoms with Crippen LogP contribution in [0.3, 0.4) is 0 Å². The summed E-state index contributed by atoms with van der Waals surface area (Å²) in [6.07, 6.45) is -0.487. The van der Waals surface area contributed by atoms with Gasteiger partial charge in [-0.1, -0.05) is 19.1 Å². The Hall–Kier alpha value is -1.86.